The van der Waals surface area contributed by atoms with E-state index in [0.717, 1.165) is 48.7 Å². The Bertz CT molecular complexity index is 1250. The van der Waals surface area contributed by atoms with Gasteiger partial charge in [0.05, 0.1) is 22.6 Å². The van der Waals surface area contributed by atoms with Gasteiger partial charge in [0.1, 0.15) is 11.6 Å². The van der Waals surface area contributed by atoms with Crippen molar-refractivity contribution in [1.82, 2.24) is 15.6 Å². The molecule has 2 aromatic rings. The van der Waals surface area contributed by atoms with Crippen LogP contribution in [-0.2, 0) is 10.3 Å². The normalized spacial score (nSPS) is 22.8. The van der Waals surface area contributed by atoms with E-state index in [1.165, 1.54) is 44.0 Å². The molecule has 7 nitrogen and oxygen atoms in total. The van der Waals surface area contributed by atoms with E-state index in [0.29, 0.717) is 17.4 Å². The van der Waals surface area contributed by atoms with Crippen molar-refractivity contribution in [3.05, 3.63) is 71.1 Å². The zero-order valence-electron chi connectivity index (χ0n) is 23.6. The molecule has 1 aromatic heterocycles. The highest BCUT2D eigenvalue weighted by Crippen LogP contribution is 2.55. The van der Waals surface area contributed by atoms with Crippen LogP contribution in [0, 0.1) is 11.7 Å². The monoisotopic (exact) mass is 533 g/mol. The number of nitrogens with zero attached hydrogens (tertiary/aromatic N) is 3. The molecule has 0 radical (unpaired) electrons. The third-order valence-electron chi connectivity index (χ3n) is 7.51. The zero-order valence-corrected chi connectivity index (χ0v) is 23.6. The van der Waals surface area contributed by atoms with E-state index < -0.39 is 11.7 Å². The van der Waals surface area contributed by atoms with Gasteiger partial charge in [-0.15, -0.1) is 0 Å². The van der Waals surface area contributed by atoms with Crippen LogP contribution in [0.25, 0.3) is 0 Å². The van der Waals surface area contributed by atoms with Crippen molar-refractivity contribution in [3.63, 3.8) is 0 Å². The number of Topliss-reactive ketones (excluding diaryl/α,β-unsaturated/α-hetero) is 1. The minimum atomic E-state index is -0.561. The van der Waals surface area contributed by atoms with Crippen LogP contribution in [-0.4, -0.2) is 35.6 Å². The molecule has 3 heterocycles. The van der Waals surface area contributed by atoms with E-state index in [9.17, 15) is 14.0 Å². The van der Waals surface area contributed by atoms with E-state index in [1.54, 1.807) is 6.21 Å². The third kappa shape index (κ3) is 6.21. The molecule has 1 aromatic carbocycles. The molecular weight excluding hydrogens is 493 g/mol. The molecule has 6 rings (SSSR count). The van der Waals surface area contributed by atoms with Crippen LogP contribution >= 0.6 is 0 Å². The third-order valence-corrected chi connectivity index (χ3v) is 7.51. The van der Waals surface area contributed by atoms with Crippen molar-refractivity contribution in [2.45, 2.75) is 84.3 Å². The topological polar surface area (TPSA) is 86.7 Å². The lowest BCUT2D eigenvalue weighted by Gasteiger charge is -2.35. The first kappa shape index (κ1) is 28.5. The predicted octanol–water partition coefficient (Wildman–Crippen LogP) is 5.83. The van der Waals surface area contributed by atoms with E-state index in [2.05, 4.69) is 40.4 Å². The highest BCUT2D eigenvalue weighted by atomic mass is 19.1. The van der Waals surface area contributed by atoms with Crippen LogP contribution in [0.15, 0.2) is 53.3 Å². The number of halogens is 1. The summed E-state index contributed by atoms with van der Waals surface area (Å²) in [7, 11) is 0. The number of rotatable bonds is 6. The smallest absolute Gasteiger partial charge is 0.252 e. The lowest BCUT2D eigenvalue weighted by Crippen LogP contribution is -2.44. The number of amides is 1. The summed E-state index contributed by atoms with van der Waals surface area (Å²) >= 11 is 0. The minimum absolute atomic E-state index is 0.0283. The summed E-state index contributed by atoms with van der Waals surface area (Å²) < 4.78 is 13.2. The van der Waals surface area contributed by atoms with Crippen LogP contribution in [0.4, 0.5) is 10.1 Å². The van der Waals surface area contributed by atoms with Crippen molar-refractivity contribution in [2.24, 2.45) is 10.9 Å². The number of anilines is 1. The highest BCUT2D eigenvalue weighted by Gasteiger charge is 2.51. The van der Waals surface area contributed by atoms with Gasteiger partial charge in [-0.25, -0.2) is 4.39 Å². The Labute approximate surface area is 231 Å². The van der Waals surface area contributed by atoms with Gasteiger partial charge in [0.25, 0.3) is 5.91 Å². The molecule has 3 atom stereocenters. The first-order valence-electron chi connectivity index (χ1n) is 14.2. The highest BCUT2D eigenvalue weighted by molar-refractivity contribution is 5.95. The SMILES string of the molecule is CC.CC(=O)C1N=CC=C(N2CC3CC3c3nc(C4(NC(=O)c5ccc(F)cc5)CC4)ccc32)N1.CCCC. The van der Waals surface area contributed by atoms with E-state index >= 15 is 0 Å². The van der Waals surface area contributed by atoms with Gasteiger partial charge in [-0.05, 0) is 74.6 Å². The van der Waals surface area contributed by atoms with Crippen molar-refractivity contribution in [1.29, 1.82) is 0 Å². The average Bonchev–Trinajstić information content (AvgIpc) is 3.90. The fraction of sp³-hybridized carbons (Fsp3) is 0.484. The van der Waals surface area contributed by atoms with Crippen LogP contribution in [0.5, 0.6) is 0 Å². The van der Waals surface area contributed by atoms with Crippen molar-refractivity contribution in [3.8, 4) is 0 Å². The molecule has 4 aliphatic rings. The number of aromatic nitrogens is 1. The quantitative estimate of drug-likeness (QED) is 0.488. The van der Waals surface area contributed by atoms with Gasteiger partial charge < -0.3 is 15.5 Å². The minimum Gasteiger partial charge on any atom is -0.344 e. The molecule has 2 aliphatic carbocycles. The van der Waals surface area contributed by atoms with Crippen LogP contribution in [0.2, 0.25) is 0 Å². The van der Waals surface area contributed by atoms with Crippen molar-refractivity contribution >= 4 is 23.6 Å². The summed E-state index contributed by atoms with van der Waals surface area (Å²) in [6, 6.07) is 9.65. The number of hydrogen-bond donors (Lipinski definition) is 2. The second-order valence-corrected chi connectivity index (χ2v) is 10.4. The molecule has 3 unspecified atom stereocenters. The van der Waals surface area contributed by atoms with Gasteiger partial charge in [0.2, 0.25) is 0 Å². The van der Waals surface area contributed by atoms with Crippen LogP contribution < -0.4 is 15.5 Å². The molecule has 8 heteroatoms. The fourth-order valence-corrected chi connectivity index (χ4v) is 4.84. The van der Waals surface area contributed by atoms with Crippen LogP contribution in [0.1, 0.15) is 94.4 Å². The molecule has 0 spiro atoms. The standard InChI is InChI=1S/C25H24FN5O2.C4H10.C2H6/c1-14(32)23-27-11-8-21(29-23)31-13-16-12-18(16)22-19(31)6-7-20(28-22)25(9-10-25)30-24(33)15-2-4-17(26)5-3-15;1-3-4-2;1-2/h2-8,11,16,18,23,29H,9-10,12-13H2,1H3,(H,30,33);3-4H2,1-2H3;1-2H3. The number of nitrogens with one attached hydrogen (secondary N) is 2. The zero-order chi connectivity index (χ0) is 28.2. The van der Waals surface area contributed by atoms with Gasteiger partial charge in [-0.2, -0.15) is 0 Å². The summed E-state index contributed by atoms with van der Waals surface area (Å²) in [6.45, 7) is 10.8. The second-order valence-electron chi connectivity index (χ2n) is 10.4. The molecule has 2 aliphatic heterocycles. The molecular formula is C31H40FN5O2. The second kappa shape index (κ2) is 12.1. The Morgan fingerprint density at radius 3 is 2.41 bits per heavy atom. The average molecular weight is 534 g/mol. The van der Waals surface area contributed by atoms with Crippen molar-refractivity contribution in [2.75, 3.05) is 11.4 Å². The Morgan fingerprint density at radius 1 is 1.10 bits per heavy atom. The summed E-state index contributed by atoms with van der Waals surface area (Å²) in [5.41, 5.74) is 2.93. The van der Waals surface area contributed by atoms with Crippen LogP contribution in [0.3, 0.4) is 0 Å². The molecule has 0 bridgehead atoms. The Balaban J connectivity index is 0.000000541. The first-order valence-corrected chi connectivity index (χ1v) is 14.2. The molecule has 0 saturated heterocycles. The number of hydrogen-bond acceptors (Lipinski definition) is 6. The fourth-order valence-electron chi connectivity index (χ4n) is 4.84. The Hall–Kier alpha value is -3.55. The van der Waals surface area contributed by atoms with Gasteiger partial charge in [0, 0.05) is 24.2 Å². The molecule has 1 amide bonds. The number of pyridine rings is 1. The molecule has 2 saturated carbocycles. The number of aliphatic imine (C=N–C) groups is 1. The van der Waals surface area contributed by atoms with Gasteiger partial charge in [0.15, 0.2) is 11.9 Å². The number of benzene rings is 1. The number of unbranched alkanes of at least 4 members (excludes halogenated alkanes) is 1. The lowest BCUT2D eigenvalue weighted by molar-refractivity contribution is -0.118. The summed E-state index contributed by atoms with van der Waals surface area (Å²) in [5, 5.41) is 6.37. The van der Waals surface area contributed by atoms with E-state index in [-0.39, 0.29) is 17.5 Å². The summed E-state index contributed by atoms with van der Waals surface area (Å²) in [5.74, 6) is 1.21. The van der Waals surface area contributed by atoms with E-state index in [1.807, 2.05) is 26.0 Å². The van der Waals surface area contributed by atoms with E-state index in [4.69, 9.17) is 4.98 Å². The predicted molar refractivity (Wildman–Crippen MR) is 153 cm³/mol. The van der Waals surface area contributed by atoms with Gasteiger partial charge >= 0.3 is 0 Å². The Morgan fingerprint density at radius 2 is 1.79 bits per heavy atom. The van der Waals surface area contributed by atoms with Gasteiger partial charge in [-0.3, -0.25) is 19.6 Å². The summed E-state index contributed by atoms with van der Waals surface area (Å²) in [4.78, 5) is 36.0. The lowest BCUT2D eigenvalue weighted by atomic mass is 10.0. The number of carbonyl (C=O) groups is 2. The molecule has 39 heavy (non-hydrogen) atoms. The maximum Gasteiger partial charge on any atom is 0.252 e. The van der Waals surface area contributed by atoms with Crippen molar-refractivity contribution < 1.29 is 14.0 Å². The molecule has 2 fully saturated rings. The first-order chi connectivity index (χ1) is 18.8. The maximum atomic E-state index is 13.2. The molecule has 208 valence electrons. The largest absolute Gasteiger partial charge is 0.344 e. The number of carbonyl (C=O) groups excluding carboxylic acids is 2. The molecule has 2 N–H and O–H groups in total. The Kier molecular flexibility index (Phi) is 8.83. The van der Waals surface area contributed by atoms with Gasteiger partial charge in [-0.1, -0.05) is 40.5 Å². The number of fused-ring (bicyclic) bond motifs is 3. The number of allylic oxidation sites excluding steroid dienone is 1. The number of ketones is 1. The maximum absolute atomic E-state index is 13.2. The summed E-state index contributed by atoms with van der Waals surface area (Å²) in [6.07, 6.45) is 8.40.